The molecule has 28 heavy (non-hydrogen) atoms. The van der Waals surface area contributed by atoms with Crippen molar-refractivity contribution in [3.05, 3.63) is 16.8 Å². The smallest absolute Gasteiger partial charge is 0.464 e. The number of thioether (sulfide) groups is 1. The Bertz CT molecular complexity index is 763. The minimum atomic E-state index is -2.33. The molecule has 13 heteroatoms. The van der Waals surface area contributed by atoms with Crippen molar-refractivity contribution in [1.29, 1.82) is 0 Å². The summed E-state index contributed by atoms with van der Waals surface area (Å²) >= 11 is 1.29. The third-order valence-electron chi connectivity index (χ3n) is 3.83. The van der Waals surface area contributed by atoms with Gasteiger partial charge in [-0.05, 0) is 17.4 Å². The Morgan fingerprint density at radius 3 is 2.89 bits per heavy atom. The van der Waals surface area contributed by atoms with Gasteiger partial charge in [-0.25, -0.2) is 9.78 Å². The van der Waals surface area contributed by atoms with E-state index in [2.05, 4.69) is 15.1 Å². The van der Waals surface area contributed by atoms with Gasteiger partial charge < -0.3 is 15.6 Å². The number of aliphatic hydroxyl groups excluding tert-OH is 1. The minimum absolute atomic E-state index is 0.0249. The highest BCUT2D eigenvalue weighted by Gasteiger charge is 2.38. The highest BCUT2D eigenvalue weighted by molar-refractivity contribution is 8.00. The molecule has 1 aromatic rings. The number of anilines is 1. The van der Waals surface area contributed by atoms with Crippen LogP contribution in [-0.2, 0) is 18.6 Å². The number of aliphatic hydroxyl groups is 1. The molecule has 0 radical (unpaired) electrons. The summed E-state index contributed by atoms with van der Waals surface area (Å²) in [6.45, 7) is 5.61. The van der Waals surface area contributed by atoms with E-state index in [0.717, 1.165) is 0 Å². The summed E-state index contributed by atoms with van der Waals surface area (Å²) in [7, 11) is -2.33. The van der Waals surface area contributed by atoms with Gasteiger partial charge in [0.05, 0.1) is 23.3 Å². The second kappa shape index (κ2) is 10.3. The maximum absolute atomic E-state index is 12.0. The zero-order chi connectivity index (χ0) is 20.8. The van der Waals surface area contributed by atoms with Gasteiger partial charge in [0.25, 0.3) is 0 Å². The van der Waals surface area contributed by atoms with E-state index in [0.29, 0.717) is 0 Å². The third-order valence-corrected chi connectivity index (χ3v) is 6.34. The molecule has 1 fully saturated rings. The molecule has 11 nitrogen and oxygen atoms in total. The van der Waals surface area contributed by atoms with Crippen molar-refractivity contribution in [2.45, 2.75) is 50.0 Å². The van der Waals surface area contributed by atoms with Gasteiger partial charge in [0.2, 0.25) is 5.95 Å². The number of esters is 1. The topological polar surface area (TPSA) is 159 Å². The average Bonchev–Trinajstić information content (AvgIpc) is 2.98. The van der Waals surface area contributed by atoms with Crippen LogP contribution < -0.4 is 16.5 Å². The van der Waals surface area contributed by atoms with Crippen molar-refractivity contribution in [2.24, 2.45) is 5.92 Å². The predicted octanol–water partition coefficient (Wildman–Crippen LogP) is 0.437. The number of nitrogens with zero attached hydrogens (tertiary/aromatic N) is 3. The van der Waals surface area contributed by atoms with Crippen LogP contribution in [0.25, 0.3) is 0 Å². The van der Waals surface area contributed by atoms with Gasteiger partial charge in [-0.15, -0.1) is 16.3 Å². The molecule has 0 spiro atoms. The maximum Gasteiger partial charge on any atom is 0.613 e. The van der Waals surface area contributed by atoms with Crippen LogP contribution >= 0.6 is 19.9 Å². The van der Waals surface area contributed by atoms with Crippen LogP contribution in [0.5, 0.6) is 0 Å². The SMILES string of the molecule is CC(C)COC(=O)[C@H](C)N[P+](=O)OCC1SC(n2cnc(N)nc2=O)CC1O. The Morgan fingerprint density at radius 1 is 1.54 bits per heavy atom. The molecule has 1 saturated heterocycles. The summed E-state index contributed by atoms with van der Waals surface area (Å²) in [5.41, 5.74) is 4.82. The van der Waals surface area contributed by atoms with Crippen molar-refractivity contribution >= 4 is 31.9 Å². The lowest BCUT2D eigenvalue weighted by Gasteiger charge is -2.12. The summed E-state index contributed by atoms with van der Waals surface area (Å²) in [5, 5.41) is 11.9. The van der Waals surface area contributed by atoms with Crippen molar-refractivity contribution in [2.75, 3.05) is 18.9 Å². The van der Waals surface area contributed by atoms with Crippen LogP contribution in [0.2, 0.25) is 0 Å². The molecule has 1 aromatic heterocycles. The lowest BCUT2D eigenvalue weighted by atomic mass is 10.2. The van der Waals surface area contributed by atoms with E-state index < -0.39 is 37.2 Å². The predicted molar refractivity (Wildman–Crippen MR) is 104 cm³/mol. The van der Waals surface area contributed by atoms with Crippen LogP contribution in [0.4, 0.5) is 5.95 Å². The molecule has 1 aliphatic heterocycles. The molecule has 4 unspecified atom stereocenters. The van der Waals surface area contributed by atoms with Crippen molar-refractivity contribution in [1.82, 2.24) is 19.6 Å². The van der Waals surface area contributed by atoms with E-state index in [1.807, 2.05) is 13.8 Å². The van der Waals surface area contributed by atoms with Crippen LogP contribution in [0.3, 0.4) is 0 Å². The van der Waals surface area contributed by atoms with Crippen LogP contribution in [0.1, 0.15) is 32.6 Å². The fourth-order valence-electron chi connectivity index (χ4n) is 2.35. The lowest BCUT2D eigenvalue weighted by molar-refractivity contribution is -0.146. The van der Waals surface area contributed by atoms with Gasteiger partial charge in [0.15, 0.2) is 0 Å². The van der Waals surface area contributed by atoms with E-state index in [9.17, 15) is 19.3 Å². The van der Waals surface area contributed by atoms with Gasteiger partial charge in [-0.3, -0.25) is 9.36 Å². The summed E-state index contributed by atoms with van der Waals surface area (Å²) in [6.07, 6.45) is 0.801. The molecule has 1 aliphatic rings. The number of nitrogens with two attached hydrogens (primary N) is 1. The van der Waals surface area contributed by atoms with Gasteiger partial charge in [-0.2, -0.15) is 4.98 Å². The number of rotatable bonds is 9. The van der Waals surface area contributed by atoms with E-state index in [4.69, 9.17) is 15.0 Å². The van der Waals surface area contributed by atoms with Gasteiger partial charge >= 0.3 is 19.8 Å². The lowest BCUT2D eigenvalue weighted by Crippen LogP contribution is -2.32. The fraction of sp³-hybridized carbons (Fsp3) is 0.733. The molecule has 156 valence electrons. The number of ether oxygens (including phenoxy) is 1. The quantitative estimate of drug-likeness (QED) is 0.365. The first kappa shape index (κ1) is 22.7. The summed E-state index contributed by atoms with van der Waals surface area (Å²) in [4.78, 5) is 31.0. The number of carbonyl (C=O) groups is 1. The molecular formula is C15H25N5O6PS+. The van der Waals surface area contributed by atoms with Crippen molar-refractivity contribution < 1.29 is 23.7 Å². The molecule has 4 N–H and O–H groups in total. The van der Waals surface area contributed by atoms with Crippen LogP contribution in [-0.4, -0.2) is 56.2 Å². The Balaban J connectivity index is 1.81. The van der Waals surface area contributed by atoms with E-state index >= 15 is 0 Å². The average molecular weight is 434 g/mol. The number of aromatic nitrogens is 3. The van der Waals surface area contributed by atoms with Gasteiger partial charge in [0, 0.05) is 6.42 Å². The second-order valence-corrected chi connectivity index (χ2v) is 9.22. The first-order valence-corrected chi connectivity index (χ1v) is 10.9. The minimum Gasteiger partial charge on any atom is -0.464 e. The fourth-order valence-corrected chi connectivity index (χ4v) is 4.67. The van der Waals surface area contributed by atoms with Crippen molar-refractivity contribution in [3.8, 4) is 0 Å². The summed E-state index contributed by atoms with van der Waals surface area (Å²) in [6, 6.07) is -0.790. The van der Waals surface area contributed by atoms with Crippen LogP contribution in [0, 0.1) is 5.92 Å². The highest BCUT2D eigenvalue weighted by atomic mass is 32.2. The van der Waals surface area contributed by atoms with Crippen molar-refractivity contribution in [3.63, 3.8) is 0 Å². The first-order chi connectivity index (χ1) is 13.2. The second-order valence-electron chi connectivity index (χ2n) is 6.76. The molecule has 0 aromatic carbocycles. The van der Waals surface area contributed by atoms with Gasteiger partial charge in [-0.1, -0.05) is 18.9 Å². The molecular weight excluding hydrogens is 409 g/mol. The Hall–Kier alpha value is -1.59. The standard InChI is InChI=1S/C15H24N5O6PS/c1-8(2)5-25-13(22)9(3)19-27(24)26-6-11-10(21)4-12(28-11)20-7-17-14(16)18-15(20)23/h7-12,21H,4-6H2,1-3H3,(H2-,16,18,19,23,24)/p+1/t9-,10?,11?,12?/m0/s1. The normalized spacial score (nSPS) is 23.6. The van der Waals surface area contributed by atoms with E-state index in [1.54, 1.807) is 0 Å². The zero-order valence-electron chi connectivity index (χ0n) is 15.8. The molecule has 0 bridgehead atoms. The van der Waals surface area contributed by atoms with Gasteiger partial charge in [0.1, 0.15) is 19.0 Å². The van der Waals surface area contributed by atoms with Crippen LogP contribution in [0.15, 0.2) is 11.1 Å². The first-order valence-electron chi connectivity index (χ1n) is 8.74. The number of nitrogens with one attached hydrogen (secondary N) is 1. The van der Waals surface area contributed by atoms with E-state index in [-0.39, 0.29) is 36.9 Å². The Labute approximate surface area is 167 Å². The molecule has 5 atom stereocenters. The number of carbonyl (C=O) groups excluding carboxylic acids is 1. The summed E-state index contributed by atoms with van der Waals surface area (Å²) < 4.78 is 23.6. The number of nitrogen functional groups attached to an aromatic ring is 1. The molecule has 0 amide bonds. The molecule has 0 aliphatic carbocycles. The Morgan fingerprint density at radius 2 is 2.25 bits per heavy atom. The Kier molecular flexibility index (Phi) is 8.32. The third kappa shape index (κ3) is 6.49. The number of hydrogen-bond donors (Lipinski definition) is 3. The zero-order valence-corrected chi connectivity index (χ0v) is 17.6. The maximum atomic E-state index is 12.0. The number of hydrogen-bond acceptors (Lipinski definition) is 10. The molecule has 2 rings (SSSR count). The summed E-state index contributed by atoms with van der Waals surface area (Å²) in [5.74, 6) is -0.429. The monoisotopic (exact) mass is 434 g/mol. The highest BCUT2D eigenvalue weighted by Crippen LogP contribution is 2.41. The van der Waals surface area contributed by atoms with E-state index in [1.165, 1.54) is 29.6 Å². The molecule has 2 heterocycles. The largest absolute Gasteiger partial charge is 0.613 e. The molecule has 0 saturated carbocycles.